The van der Waals surface area contributed by atoms with Gasteiger partial charge in [-0.05, 0) is 62.1 Å². The highest BCUT2D eigenvalue weighted by Crippen LogP contribution is 2.47. The molecule has 5 nitrogen and oxygen atoms in total. The van der Waals surface area contributed by atoms with Gasteiger partial charge in [0.1, 0.15) is 0 Å². The zero-order valence-corrected chi connectivity index (χ0v) is 15.3. The number of fused-ring (bicyclic) bond motifs is 5. The quantitative estimate of drug-likeness (QED) is 0.351. The average molecular weight is 372 g/mol. The molecule has 0 unspecified atom stereocenters. The van der Waals surface area contributed by atoms with Gasteiger partial charge in [-0.2, -0.15) is 0 Å². The molecule has 1 aromatic heterocycles. The van der Waals surface area contributed by atoms with E-state index in [9.17, 15) is 10.1 Å². The number of halogens is 1. The number of rotatable bonds is 5. The molecule has 0 saturated heterocycles. The maximum absolute atomic E-state index is 10.5. The fourth-order valence-corrected chi connectivity index (χ4v) is 4.73. The summed E-state index contributed by atoms with van der Waals surface area (Å²) in [6.07, 6.45) is 7.88. The number of nitro groups is 1. The van der Waals surface area contributed by atoms with Gasteiger partial charge in [0, 0.05) is 38.7 Å². The molecule has 0 fully saturated rings. The summed E-state index contributed by atoms with van der Waals surface area (Å²) in [7, 11) is 0. The number of allylic oxidation sites excluding steroid dienone is 2. The van der Waals surface area contributed by atoms with Crippen molar-refractivity contribution >= 4 is 28.2 Å². The van der Waals surface area contributed by atoms with Crippen LogP contribution in [0, 0.1) is 16.0 Å². The fourth-order valence-electron chi connectivity index (χ4n) is 4.57. The lowest BCUT2D eigenvalue weighted by Gasteiger charge is -2.36. The summed E-state index contributed by atoms with van der Waals surface area (Å²) in [4.78, 5) is 15.1. The predicted molar refractivity (Wildman–Crippen MR) is 104 cm³/mol. The molecule has 1 heterocycles. The summed E-state index contributed by atoms with van der Waals surface area (Å²) in [6, 6.07) is 5.71. The predicted octanol–water partition coefficient (Wildman–Crippen LogP) is 4.89. The van der Waals surface area contributed by atoms with Gasteiger partial charge in [0.2, 0.25) is 6.54 Å². The highest BCUT2D eigenvalue weighted by Gasteiger charge is 2.33. The number of hydrogen-bond donors (Lipinski definition) is 1. The number of nitrogens with two attached hydrogens (primary N) is 1. The second-order valence-corrected chi connectivity index (χ2v) is 7.92. The van der Waals surface area contributed by atoms with Crippen LogP contribution in [0.3, 0.4) is 0 Å². The lowest BCUT2D eigenvalue weighted by atomic mass is 9.70. The van der Waals surface area contributed by atoms with E-state index in [1.807, 2.05) is 18.2 Å². The van der Waals surface area contributed by atoms with E-state index in [4.69, 9.17) is 22.3 Å². The highest BCUT2D eigenvalue weighted by atomic mass is 35.5. The molecular formula is C20H22ClN3O2. The van der Waals surface area contributed by atoms with Crippen molar-refractivity contribution in [3.63, 3.8) is 0 Å². The van der Waals surface area contributed by atoms with Crippen LogP contribution < -0.4 is 5.73 Å². The summed E-state index contributed by atoms with van der Waals surface area (Å²) >= 11 is 6.12. The van der Waals surface area contributed by atoms with Crippen LogP contribution in [0.15, 0.2) is 29.8 Å². The molecule has 2 aromatic rings. The summed E-state index contributed by atoms with van der Waals surface area (Å²) in [5, 5.41) is 12.1. The van der Waals surface area contributed by atoms with E-state index < -0.39 is 0 Å². The molecule has 2 atom stereocenters. The van der Waals surface area contributed by atoms with E-state index in [0.717, 1.165) is 54.4 Å². The molecule has 2 bridgehead atoms. The Balaban J connectivity index is 1.58. The Bertz CT molecular complexity index is 910. The normalized spacial score (nSPS) is 21.3. The molecule has 136 valence electrons. The van der Waals surface area contributed by atoms with Crippen LogP contribution in [0.1, 0.15) is 49.3 Å². The van der Waals surface area contributed by atoms with Crippen molar-refractivity contribution in [3.8, 4) is 0 Å². The zero-order chi connectivity index (χ0) is 18.3. The maximum Gasteiger partial charge on any atom is 0.203 e. The average Bonchev–Trinajstić information content (AvgIpc) is 2.57. The molecule has 2 aliphatic carbocycles. The largest absolute Gasteiger partial charge is 0.398 e. The van der Waals surface area contributed by atoms with E-state index in [-0.39, 0.29) is 11.5 Å². The Labute approximate surface area is 157 Å². The first-order chi connectivity index (χ1) is 12.5. The summed E-state index contributed by atoms with van der Waals surface area (Å²) < 4.78 is 0. The third kappa shape index (κ3) is 3.28. The van der Waals surface area contributed by atoms with Crippen LogP contribution in [0.5, 0.6) is 0 Å². The summed E-state index contributed by atoms with van der Waals surface area (Å²) in [5.74, 6) is 0.905. The van der Waals surface area contributed by atoms with Gasteiger partial charge in [-0.15, -0.1) is 0 Å². The maximum atomic E-state index is 10.5. The topological polar surface area (TPSA) is 82.0 Å². The summed E-state index contributed by atoms with van der Waals surface area (Å²) in [6.45, 7) is 0.0639. The van der Waals surface area contributed by atoms with Gasteiger partial charge in [-0.25, -0.2) is 0 Å². The minimum atomic E-state index is -0.232. The van der Waals surface area contributed by atoms with Gasteiger partial charge in [0.25, 0.3) is 0 Å². The number of pyridine rings is 1. The standard InChI is InChI=1S/C20H22ClN3O2/c21-15-4-5-16-17(11-15)23-18-10-13-7-12(3-1-2-6-24(25)26)8-14(9-13)19(18)20(16)22/h4-5,7,11,13-14H,1-3,6,8-10H2,(H2,22,23)/t13-,14+/m1/s1. The molecular weight excluding hydrogens is 350 g/mol. The van der Waals surface area contributed by atoms with Crippen molar-refractivity contribution in [2.24, 2.45) is 5.92 Å². The molecule has 26 heavy (non-hydrogen) atoms. The lowest BCUT2D eigenvalue weighted by molar-refractivity contribution is -0.480. The van der Waals surface area contributed by atoms with Gasteiger partial charge in [-0.1, -0.05) is 23.3 Å². The molecule has 0 amide bonds. The van der Waals surface area contributed by atoms with Crippen LogP contribution in [0.2, 0.25) is 5.02 Å². The van der Waals surface area contributed by atoms with E-state index in [1.54, 1.807) is 0 Å². The SMILES string of the molecule is Nc1c2c(nc3cc(Cl)ccc13)C[C@@H]1C=C(CCCC[N+](=O)[O-])C[C@H]2C1. The molecule has 1 aromatic carbocycles. The monoisotopic (exact) mass is 371 g/mol. The van der Waals surface area contributed by atoms with E-state index in [1.165, 1.54) is 11.1 Å². The molecule has 2 aliphatic rings. The molecule has 6 heteroatoms. The van der Waals surface area contributed by atoms with Gasteiger partial charge < -0.3 is 5.73 Å². The number of unbranched alkanes of at least 4 members (excludes halogenated alkanes) is 1. The van der Waals surface area contributed by atoms with Crippen molar-refractivity contribution in [3.05, 3.63) is 56.2 Å². The number of nitrogens with zero attached hydrogens (tertiary/aromatic N) is 2. The lowest BCUT2D eigenvalue weighted by Crippen LogP contribution is -2.24. The fraction of sp³-hybridized carbons (Fsp3) is 0.450. The van der Waals surface area contributed by atoms with E-state index in [2.05, 4.69) is 6.08 Å². The number of aromatic nitrogens is 1. The molecule has 0 spiro atoms. The highest BCUT2D eigenvalue weighted by molar-refractivity contribution is 6.31. The summed E-state index contributed by atoms with van der Waals surface area (Å²) in [5.41, 5.74) is 12.0. The Morgan fingerprint density at radius 2 is 2.15 bits per heavy atom. The van der Waals surface area contributed by atoms with Crippen LogP contribution >= 0.6 is 11.6 Å². The third-order valence-electron chi connectivity index (χ3n) is 5.63. The molecule has 0 saturated carbocycles. The molecule has 0 aliphatic heterocycles. The Kier molecular flexibility index (Phi) is 4.57. The third-order valence-corrected chi connectivity index (χ3v) is 5.86. The van der Waals surface area contributed by atoms with Crippen LogP contribution in [0.25, 0.3) is 10.9 Å². The van der Waals surface area contributed by atoms with Crippen molar-refractivity contribution in [2.45, 2.75) is 44.4 Å². The Hall–Kier alpha value is -2.14. The van der Waals surface area contributed by atoms with Gasteiger partial charge in [0.05, 0.1) is 5.52 Å². The van der Waals surface area contributed by atoms with Crippen LogP contribution in [0.4, 0.5) is 5.69 Å². The second-order valence-electron chi connectivity index (χ2n) is 7.49. The van der Waals surface area contributed by atoms with Gasteiger partial charge in [0.15, 0.2) is 0 Å². The first kappa shape index (κ1) is 17.3. The van der Waals surface area contributed by atoms with Crippen molar-refractivity contribution in [2.75, 3.05) is 12.3 Å². The van der Waals surface area contributed by atoms with Crippen molar-refractivity contribution < 1.29 is 4.92 Å². The zero-order valence-electron chi connectivity index (χ0n) is 14.6. The minimum absolute atomic E-state index is 0.0639. The molecule has 2 N–H and O–H groups in total. The van der Waals surface area contributed by atoms with Crippen LogP contribution in [-0.4, -0.2) is 16.5 Å². The van der Waals surface area contributed by atoms with E-state index >= 15 is 0 Å². The number of hydrogen-bond acceptors (Lipinski definition) is 4. The van der Waals surface area contributed by atoms with Gasteiger partial charge in [-0.3, -0.25) is 15.1 Å². The van der Waals surface area contributed by atoms with Crippen molar-refractivity contribution in [1.29, 1.82) is 0 Å². The van der Waals surface area contributed by atoms with Crippen molar-refractivity contribution in [1.82, 2.24) is 4.98 Å². The Morgan fingerprint density at radius 1 is 1.31 bits per heavy atom. The number of benzene rings is 1. The minimum Gasteiger partial charge on any atom is -0.398 e. The number of anilines is 1. The molecule has 4 rings (SSSR count). The second kappa shape index (κ2) is 6.88. The van der Waals surface area contributed by atoms with E-state index in [0.29, 0.717) is 23.3 Å². The van der Waals surface area contributed by atoms with Gasteiger partial charge >= 0.3 is 0 Å². The molecule has 0 radical (unpaired) electrons. The Morgan fingerprint density at radius 3 is 2.96 bits per heavy atom. The van der Waals surface area contributed by atoms with Crippen LogP contribution in [-0.2, 0) is 6.42 Å². The first-order valence-electron chi connectivity index (χ1n) is 9.20. The number of nitrogen functional groups attached to an aromatic ring is 1. The first-order valence-corrected chi connectivity index (χ1v) is 9.58. The smallest absolute Gasteiger partial charge is 0.203 e.